The van der Waals surface area contributed by atoms with Gasteiger partial charge in [0.25, 0.3) is 0 Å². The summed E-state index contributed by atoms with van der Waals surface area (Å²) < 4.78 is 51.3. The van der Waals surface area contributed by atoms with E-state index in [-0.39, 0.29) is 17.4 Å². The molecule has 0 spiro atoms. The molecule has 3 unspecified atom stereocenters. The second-order valence-corrected chi connectivity index (χ2v) is 6.93. The lowest BCUT2D eigenvalue weighted by Crippen LogP contribution is -2.08. The molecule has 0 bridgehead atoms. The van der Waals surface area contributed by atoms with Crippen LogP contribution in [0.1, 0.15) is 17.0 Å². The predicted molar refractivity (Wildman–Crippen MR) is 93.7 cm³/mol. The number of ether oxygens (including phenoxy) is 2. The SMILES string of the molecule is O=C(O)C1C2Oc3cc(Oc4ccc(C(F)(F)F)c5ccccc45)ccc3C21. The molecule has 5 rings (SSSR count). The first kappa shape index (κ1) is 16.9. The Bertz CT molecular complexity index is 1120. The number of halogens is 3. The molecular weight excluding hydrogens is 373 g/mol. The zero-order valence-corrected chi connectivity index (χ0v) is 14.2. The van der Waals surface area contributed by atoms with Crippen molar-refractivity contribution in [2.75, 3.05) is 0 Å². The molecule has 1 N–H and O–H groups in total. The number of carboxylic acid groups (broad SMARTS) is 1. The van der Waals surface area contributed by atoms with Gasteiger partial charge in [-0.3, -0.25) is 4.79 Å². The van der Waals surface area contributed by atoms with Gasteiger partial charge in [0, 0.05) is 22.9 Å². The Morgan fingerprint density at radius 1 is 1.04 bits per heavy atom. The van der Waals surface area contributed by atoms with Gasteiger partial charge in [0.2, 0.25) is 0 Å². The maximum absolute atomic E-state index is 13.3. The third kappa shape index (κ3) is 2.50. The van der Waals surface area contributed by atoms with Crippen molar-refractivity contribution in [2.45, 2.75) is 18.2 Å². The van der Waals surface area contributed by atoms with Gasteiger partial charge in [-0.1, -0.05) is 30.3 Å². The highest BCUT2D eigenvalue weighted by atomic mass is 19.4. The van der Waals surface area contributed by atoms with Gasteiger partial charge < -0.3 is 14.6 Å². The Hall–Kier alpha value is -3.22. The lowest BCUT2D eigenvalue weighted by molar-refractivity contribution is -0.139. The van der Waals surface area contributed by atoms with Crippen LogP contribution in [-0.2, 0) is 11.0 Å². The summed E-state index contributed by atoms with van der Waals surface area (Å²) in [6, 6.07) is 13.6. The van der Waals surface area contributed by atoms with Gasteiger partial charge in [-0.15, -0.1) is 0 Å². The van der Waals surface area contributed by atoms with E-state index in [9.17, 15) is 18.0 Å². The van der Waals surface area contributed by atoms with E-state index in [1.807, 2.05) is 0 Å². The van der Waals surface area contributed by atoms with Crippen LogP contribution in [0.25, 0.3) is 10.8 Å². The molecule has 0 amide bonds. The highest BCUT2D eigenvalue weighted by molar-refractivity contribution is 5.91. The van der Waals surface area contributed by atoms with Gasteiger partial charge in [-0.25, -0.2) is 0 Å². The van der Waals surface area contributed by atoms with E-state index in [0.717, 1.165) is 11.6 Å². The average Bonchev–Trinajstić information content (AvgIpc) is 3.24. The van der Waals surface area contributed by atoms with Crippen LogP contribution in [0.3, 0.4) is 0 Å². The molecule has 3 aromatic rings. The maximum atomic E-state index is 13.3. The largest absolute Gasteiger partial charge is 0.488 e. The first-order chi connectivity index (χ1) is 13.3. The van der Waals surface area contributed by atoms with Crippen molar-refractivity contribution in [1.29, 1.82) is 0 Å². The normalized spacial score (nSPS) is 22.3. The van der Waals surface area contributed by atoms with Crippen molar-refractivity contribution in [1.82, 2.24) is 0 Å². The lowest BCUT2D eigenvalue weighted by Gasteiger charge is -2.15. The van der Waals surface area contributed by atoms with Gasteiger partial charge in [0.05, 0.1) is 5.56 Å². The molecule has 1 fully saturated rings. The van der Waals surface area contributed by atoms with Gasteiger partial charge in [0.15, 0.2) is 0 Å². The van der Waals surface area contributed by atoms with Crippen molar-refractivity contribution in [3.05, 3.63) is 65.7 Å². The zero-order chi connectivity index (χ0) is 19.6. The standard InChI is InChI=1S/C21H13F3O4/c22-21(23,24)14-7-8-15(12-4-2-1-3-11(12)14)27-10-5-6-13-16(9-10)28-19-17(13)18(19)20(25)26/h1-9,17-19H,(H,25,26). The quantitative estimate of drug-likeness (QED) is 0.671. The summed E-state index contributed by atoms with van der Waals surface area (Å²) in [6.07, 6.45) is -4.81. The van der Waals surface area contributed by atoms with Crippen LogP contribution < -0.4 is 9.47 Å². The first-order valence-corrected chi connectivity index (χ1v) is 8.65. The molecule has 1 saturated carbocycles. The van der Waals surface area contributed by atoms with Crippen molar-refractivity contribution in [2.24, 2.45) is 5.92 Å². The minimum atomic E-state index is -4.46. The fraction of sp³-hybridized carbons (Fsp3) is 0.190. The van der Waals surface area contributed by atoms with E-state index in [1.165, 1.54) is 12.1 Å². The number of benzene rings is 3. The Morgan fingerprint density at radius 3 is 2.50 bits per heavy atom. The second kappa shape index (κ2) is 5.64. The van der Waals surface area contributed by atoms with E-state index in [0.29, 0.717) is 22.6 Å². The summed E-state index contributed by atoms with van der Waals surface area (Å²) in [6.45, 7) is 0. The smallest absolute Gasteiger partial charge is 0.417 e. The molecule has 28 heavy (non-hydrogen) atoms. The van der Waals surface area contributed by atoms with E-state index in [1.54, 1.807) is 36.4 Å². The van der Waals surface area contributed by atoms with Crippen molar-refractivity contribution < 1.29 is 32.5 Å². The highest BCUT2D eigenvalue weighted by Gasteiger charge is 2.63. The van der Waals surface area contributed by atoms with Crippen LogP contribution in [0.4, 0.5) is 13.2 Å². The molecule has 2 aliphatic rings. The van der Waals surface area contributed by atoms with E-state index < -0.39 is 23.6 Å². The molecule has 4 nitrogen and oxygen atoms in total. The number of hydrogen-bond acceptors (Lipinski definition) is 3. The summed E-state index contributed by atoms with van der Waals surface area (Å²) in [5.74, 6) is -0.267. The summed E-state index contributed by atoms with van der Waals surface area (Å²) >= 11 is 0. The summed E-state index contributed by atoms with van der Waals surface area (Å²) in [5.41, 5.74) is 0.106. The fourth-order valence-electron chi connectivity index (χ4n) is 3.93. The van der Waals surface area contributed by atoms with Crippen LogP contribution in [0.2, 0.25) is 0 Å². The molecule has 1 heterocycles. The van der Waals surface area contributed by atoms with Crippen LogP contribution in [0.5, 0.6) is 17.2 Å². The molecule has 0 saturated heterocycles. The predicted octanol–water partition coefficient (Wildman–Crippen LogP) is 5.21. The summed E-state index contributed by atoms with van der Waals surface area (Å²) in [7, 11) is 0. The lowest BCUT2D eigenvalue weighted by atomic mass is 10.0. The van der Waals surface area contributed by atoms with Crippen molar-refractivity contribution >= 4 is 16.7 Å². The minimum Gasteiger partial charge on any atom is -0.488 e. The molecule has 3 aromatic carbocycles. The maximum Gasteiger partial charge on any atom is 0.417 e. The van der Waals surface area contributed by atoms with Gasteiger partial charge >= 0.3 is 12.1 Å². The van der Waals surface area contributed by atoms with Crippen LogP contribution >= 0.6 is 0 Å². The molecule has 1 aliphatic carbocycles. The molecule has 7 heteroatoms. The molecule has 0 aromatic heterocycles. The van der Waals surface area contributed by atoms with Crippen LogP contribution in [0, 0.1) is 5.92 Å². The Morgan fingerprint density at radius 2 is 1.79 bits per heavy atom. The molecule has 1 aliphatic heterocycles. The number of carboxylic acids is 1. The molecule has 0 radical (unpaired) electrons. The summed E-state index contributed by atoms with van der Waals surface area (Å²) in [4.78, 5) is 11.1. The van der Waals surface area contributed by atoms with Crippen molar-refractivity contribution in [3.8, 4) is 17.2 Å². The fourth-order valence-corrected chi connectivity index (χ4v) is 3.93. The van der Waals surface area contributed by atoms with E-state index in [2.05, 4.69) is 0 Å². The topological polar surface area (TPSA) is 55.8 Å². The third-order valence-corrected chi connectivity index (χ3v) is 5.26. The van der Waals surface area contributed by atoms with Crippen LogP contribution in [-0.4, -0.2) is 17.2 Å². The molecule has 3 atom stereocenters. The minimum absolute atomic E-state index is 0.0652. The molecular formula is C21H13F3O4. The number of hydrogen-bond donors (Lipinski definition) is 1. The number of fused-ring (bicyclic) bond motifs is 4. The Balaban J connectivity index is 1.48. The Labute approximate surface area is 157 Å². The Kier molecular flexibility index (Phi) is 3.41. The zero-order valence-electron chi connectivity index (χ0n) is 14.2. The van der Waals surface area contributed by atoms with Crippen LogP contribution in [0.15, 0.2) is 54.6 Å². The third-order valence-electron chi connectivity index (χ3n) is 5.26. The van der Waals surface area contributed by atoms with Gasteiger partial charge in [0.1, 0.15) is 29.3 Å². The van der Waals surface area contributed by atoms with Crippen molar-refractivity contribution in [3.63, 3.8) is 0 Å². The number of alkyl halides is 3. The average molecular weight is 386 g/mol. The van der Waals surface area contributed by atoms with Gasteiger partial charge in [-0.05, 0) is 23.6 Å². The monoisotopic (exact) mass is 386 g/mol. The van der Waals surface area contributed by atoms with Gasteiger partial charge in [-0.2, -0.15) is 13.2 Å². The highest BCUT2D eigenvalue weighted by Crippen LogP contribution is 2.59. The van der Waals surface area contributed by atoms with E-state index >= 15 is 0 Å². The number of aliphatic carboxylic acids is 1. The second-order valence-electron chi connectivity index (χ2n) is 6.93. The number of rotatable bonds is 3. The first-order valence-electron chi connectivity index (χ1n) is 8.65. The molecule has 142 valence electrons. The summed E-state index contributed by atoms with van der Waals surface area (Å²) in [5, 5.41) is 9.55. The number of carbonyl (C=O) groups is 1. The van der Waals surface area contributed by atoms with E-state index in [4.69, 9.17) is 14.6 Å².